The SMILES string of the molecule is CN1[C@@H]2CC[C@H]1CC(Oc1cccc(Cl)c1Cl)C2. The molecule has 1 unspecified atom stereocenters. The van der Waals surface area contributed by atoms with Gasteiger partial charge in [-0.15, -0.1) is 0 Å². The minimum Gasteiger partial charge on any atom is -0.489 e. The van der Waals surface area contributed by atoms with Crippen molar-refractivity contribution < 1.29 is 4.74 Å². The number of benzene rings is 1. The summed E-state index contributed by atoms with van der Waals surface area (Å²) in [6, 6.07) is 6.91. The minimum atomic E-state index is 0.273. The summed E-state index contributed by atoms with van der Waals surface area (Å²) in [5.74, 6) is 0.720. The molecule has 2 heterocycles. The van der Waals surface area contributed by atoms with E-state index in [0.717, 1.165) is 18.6 Å². The Labute approximate surface area is 118 Å². The smallest absolute Gasteiger partial charge is 0.139 e. The molecule has 2 saturated heterocycles. The number of hydrogen-bond donors (Lipinski definition) is 0. The number of piperidine rings is 1. The van der Waals surface area contributed by atoms with E-state index < -0.39 is 0 Å². The number of fused-ring (bicyclic) bond motifs is 2. The highest BCUT2D eigenvalue weighted by Crippen LogP contribution is 2.38. The molecule has 18 heavy (non-hydrogen) atoms. The maximum absolute atomic E-state index is 6.16. The van der Waals surface area contributed by atoms with Crippen LogP contribution >= 0.6 is 23.2 Å². The summed E-state index contributed by atoms with van der Waals surface area (Å²) >= 11 is 12.2. The minimum absolute atomic E-state index is 0.273. The van der Waals surface area contributed by atoms with Gasteiger partial charge in [0.05, 0.1) is 5.02 Å². The summed E-state index contributed by atoms with van der Waals surface area (Å²) in [6.07, 6.45) is 5.05. The van der Waals surface area contributed by atoms with E-state index in [4.69, 9.17) is 27.9 Å². The number of ether oxygens (including phenoxy) is 1. The average Bonchev–Trinajstić information content (AvgIpc) is 2.59. The maximum Gasteiger partial charge on any atom is 0.139 e. The second-order valence-corrected chi connectivity index (χ2v) is 6.10. The van der Waals surface area contributed by atoms with Crippen LogP contribution in [0, 0.1) is 0 Å². The Morgan fingerprint density at radius 2 is 1.83 bits per heavy atom. The molecule has 1 aromatic rings. The van der Waals surface area contributed by atoms with Gasteiger partial charge in [-0.3, -0.25) is 0 Å². The lowest BCUT2D eigenvalue weighted by Gasteiger charge is -2.36. The molecule has 0 spiro atoms. The van der Waals surface area contributed by atoms with Crippen LogP contribution in [-0.4, -0.2) is 30.1 Å². The van der Waals surface area contributed by atoms with E-state index in [9.17, 15) is 0 Å². The van der Waals surface area contributed by atoms with Crippen LogP contribution in [0.2, 0.25) is 10.0 Å². The van der Waals surface area contributed by atoms with E-state index >= 15 is 0 Å². The van der Waals surface area contributed by atoms with E-state index in [0.29, 0.717) is 22.1 Å². The summed E-state index contributed by atoms with van der Waals surface area (Å²) in [7, 11) is 2.23. The third kappa shape index (κ3) is 2.22. The summed E-state index contributed by atoms with van der Waals surface area (Å²) in [4.78, 5) is 2.50. The van der Waals surface area contributed by atoms with Crippen molar-refractivity contribution in [2.24, 2.45) is 0 Å². The van der Waals surface area contributed by atoms with Gasteiger partial charge in [0.2, 0.25) is 0 Å². The zero-order valence-corrected chi connectivity index (χ0v) is 11.9. The zero-order valence-electron chi connectivity index (χ0n) is 10.4. The zero-order chi connectivity index (χ0) is 12.7. The predicted octanol–water partition coefficient (Wildman–Crippen LogP) is 4.00. The van der Waals surface area contributed by atoms with E-state index in [1.807, 2.05) is 12.1 Å². The normalized spacial score (nSPS) is 31.6. The fourth-order valence-electron chi connectivity index (χ4n) is 3.21. The first kappa shape index (κ1) is 12.6. The molecule has 2 bridgehead atoms. The number of halogens is 2. The van der Waals surface area contributed by atoms with Crippen LogP contribution in [0.25, 0.3) is 0 Å². The Hall–Kier alpha value is -0.440. The first-order chi connectivity index (χ1) is 8.65. The first-order valence-corrected chi connectivity index (χ1v) is 7.23. The molecule has 2 aliphatic rings. The fourth-order valence-corrected chi connectivity index (χ4v) is 3.55. The Bertz CT molecular complexity index is 437. The molecule has 0 amide bonds. The largest absolute Gasteiger partial charge is 0.489 e. The molecule has 0 saturated carbocycles. The van der Waals surface area contributed by atoms with Crippen LogP contribution in [0.5, 0.6) is 5.75 Å². The summed E-state index contributed by atoms with van der Waals surface area (Å²) in [5, 5.41) is 1.09. The molecule has 3 rings (SSSR count). The van der Waals surface area contributed by atoms with Gasteiger partial charge in [0.15, 0.2) is 0 Å². The predicted molar refractivity (Wildman–Crippen MR) is 74.7 cm³/mol. The molecular formula is C14H17Cl2NO. The van der Waals surface area contributed by atoms with Gasteiger partial charge in [0, 0.05) is 12.1 Å². The van der Waals surface area contributed by atoms with Crippen LogP contribution in [-0.2, 0) is 0 Å². The van der Waals surface area contributed by atoms with Crippen LogP contribution in [0.15, 0.2) is 18.2 Å². The first-order valence-electron chi connectivity index (χ1n) is 6.47. The average molecular weight is 286 g/mol. The van der Waals surface area contributed by atoms with Gasteiger partial charge in [0.25, 0.3) is 0 Å². The molecule has 1 aromatic carbocycles. The highest BCUT2D eigenvalue weighted by atomic mass is 35.5. The Balaban J connectivity index is 1.72. The van der Waals surface area contributed by atoms with Crippen molar-refractivity contribution in [3.8, 4) is 5.75 Å². The van der Waals surface area contributed by atoms with Crippen molar-refractivity contribution in [2.45, 2.75) is 43.9 Å². The molecule has 2 fully saturated rings. The van der Waals surface area contributed by atoms with Crippen molar-refractivity contribution in [1.29, 1.82) is 0 Å². The van der Waals surface area contributed by atoms with E-state index in [1.165, 1.54) is 12.8 Å². The highest BCUT2D eigenvalue weighted by Gasteiger charge is 2.39. The van der Waals surface area contributed by atoms with Crippen molar-refractivity contribution in [3.05, 3.63) is 28.2 Å². The lowest BCUT2D eigenvalue weighted by atomic mass is 10.0. The van der Waals surface area contributed by atoms with Gasteiger partial charge >= 0.3 is 0 Å². The lowest BCUT2D eigenvalue weighted by Crippen LogP contribution is -2.43. The molecule has 4 heteroatoms. The summed E-state index contributed by atoms with van der Waals surface area (Å²) in [6.45, 7) is 0. The van der Waals surface area contributed by atoms with Crippen molar-refractivity contribution in [3.63, 3.8) is 0 Å². The van der Waals surface area contributed by atoms with Gasteiger partial charge in [-0.2, -0.15) is 0 Å². The molecule has 2 aliphatic heterocycles. The van der Waals surface area contributed by atoms with E-state index in [1.54, 1.807) is 6.07 Å². The summed E-state index contributed by atoms with van der Waals surface area (Å²) in [5.41, 5.74) is 0. The molecule has 0 N–H and O–H groups in total. The van der Waals surface area contributed by atoms with Crippen molar-refractivity contribution >= 4 is 23.2 Å². The molecule has 0 aromatic heterocycles. The van der Waals surface area contributed by atoms with Gasteiger partial charge in [-0.25, -0.2) is 0 Å². The highest BCUT2D eigenvalue weighted by molar-refractivity contribution is 6.42. The number of hydrogen-bond acceptors (Lipinski definition) is 2. The second kappa shape index (κ2) is 4.92. The molecule has 98 valence electrons. The number of rotatable bonds is 2. The van der Waals surface area contributed by atoms with Gasteiger partial charge < -0.3 is 9.64 Å². The number of nitrogens with zero attached hydrogens (tertiary/aromatic N) is 1. The fraction of sp³-hybridized carbons (Fsp3) is 0.571. The lowest BCUT2D eigenvalue weighted by molar-refractivity contribution is 0.0662. The van der Waals surface area contributed by atoms with E-state index in [-0.39, 0.29) is 6.10 Å². The van der Waals surface area contributed by atoms with Crippen molar-refractivity contribution in [1.82, 2.24) is 4.90 Å². The quantitative estimate of drug-likeness (QED) is 0.815. The molecule has 2 nitrogen and oxygen atoms in total. The molecule has 0 aliphatic carbocycles. The van der Waals surface area contributed by atoms with Crippen LogP contribution < -0.4 is 4.74 Å². The van der Waals surface area contributed by atoms with Crippen LogP contribution in [0.1, 0.15) is 25.7 Å². The second-order valence-electron chi connectivity index (χ2n) is 5.31. The third-order valence-electron chi connectivity index (χ3n) is 4.26. The van der Waals surface area contributed by atoms with Gasteiger partial charge in [-0.05, 0) is 44.9 Å². The van der Waals surface area contributed by atoms with Crippen LogP contribution in [0.3, 0.4) is 0 Å². The van der Waals surface area contributed by atoms with Gasteiger partial charge in [0.1, 0.15) is 16.9 Å². The summed E-state index contributed by atoms with van der Waals surface area (Å²) < 4.78 is 6.05. The monoisotopic (exact) mass is 285 g/mol. The Morgan fingerprint density at radius 1 is 1.17 bits per heavy atom. The van der Waals surface area contributed by atoms with Crippen LogP contribution in [0.4, 0.5) is 0 Å². The Morgan fingerprint density at radius 3 is 2.50 bits per heavy atom. The molecular weight excluding hydrogens is 269 g/mol. The Kier molecular flexibility index (Phi) is 3.44. The van der Waals surface area contributed by atoms with Crippen molar-refractivity contribution in [2.75, 3.05) is 7.05 Å². The molecule has 0 radical (unpaired) electrons. The maximum atomic E-state index is 6.16. The van der Waals surface area contributed by atoms with Gasteiger partial charge in [-0.1, -0.05) is 29.3 Å². The standard InChI is InChI=1S/C14H17Cl2NO/c1-17-9-5-6-10(17)8-11(7-9)18-13-4-2-3-12(15)14(13)16/h2-4,9-11H,5-8H2,1H3/t9-,10+,11?. The topological polar surface area (TPSA) is 12.5 Å². The van der Waals surface area contributed by atoms with E-state index in [2.05, 4.69) is 11.9 Å². The molecule has 3 atom stereocenters. The third-order valence-corrected chi connectivity index (χ3v) is 5.07.